The van der Waals surface area contributed by atoms with Crippen LogP contribution in [0.3, 0.4) is 0 Å². The summed E-state index contributed by atoms with van der Waals surface area (Å²) in [6, 6.07) is 6.58. The van der Waals surface area contributed by atoms with Gasteiger partial charge in [0.05, 0.1) is 6.04 Å². The zero-order valence-electron chi connectivity index (χ0n) is 12.3. The molecule has 1 aliphatic heterocycles. The second kappa shape index (κ2) is 6.98. The Morgan fingerprint density at radius 1 is 1.19 bits per heavy atom. The monoisotopic (exact) mass is 303 g/mol. The number of thiophene rings is 1. The molecule has 1 saturated heterocycles. The van der Waals surface area contributed by atoms with Crippen LogP contribution < -0.4 is 5.32 Å². The molecule has 1 atom stereocenters. The Morgan fingerprint density at radius 2 is 1.95 bits per heavy atom. The van der Waals surface area contributed by atoms with Gasteiger partial charge in [-0.2, -0.15) is 0 Å². The second-order valence-electron chi connectivity index (χ2n) is 5.32. The maximum absolute atomic E-state index is 4.24. The first-order valence-electron chi connectivity index (χ1n) is 7.30. The average Bonchev–Trinajstić information content (AvgIpc) is 3.04. The van der Waals surface area contributed by atoms with E-state index in [0.717, 1.165) is 32.7 Å². The molecule has 1 aliphatic rings. The van der Waals surface area contributed by atoms with E-state index in [1.54, 1.807) is 12.4 Å². The molecule has 0 bridgehead atoms. The fraction of sp³-hybridized carbons (Fsp3) is 0.467. The molecule has 2 aromatic heterocycles. The number of rotatable bonds is 5. The molecule has 3 heterocycles. The fourth-order valence-electron chi connectivity index (χ4n) is 2.60. The number of likely N-dealkylation sites (N-methyl/N-ethyl adjacent to an activating group) is 1. The number of piperazine rings is 1. The van der Waals surface area contributed by atoms with E-state index in [1.807, 2.05) is 17.4 Å². The molecule has 6 heteroatoms. The minimum Gasteiger partial charge on any atom is -0.352 e. The molecule has 0 aromatic carbocycles. The Hall–Kier alpha value is -1.50. The smallest absolute Gasteiger partial charge is 0.222 e. The lowest BCUT2D eigenvalue weighted by Gasteiger charge is -2.37. The molecular weight excluding hydrogens is 282 g/mol. The summed E-state index contributed by atoms with van der Waals surface area (Å²) < 4.78 is 0. The van der Waals surface area contributed by atoms with Crippen molar-refractivity contribution in [3.05, 3.63) is 40.8 Å². The predicted octanol–water partition coefficient (Wildman–Crippen LogP) is 1.94. The van der Waals surface area contributed by atoms with Crippen molar-refractivity contribution in [1.29, 1.82) is 0 Å². The second-order valence-corrected chi connectivity index (χ2v) is 6.30. The molecule has 0 aliphatic carbocycles. The first-order chi connectivity index (χ1) is 10.3. The Kier molecular flexibility index (Phi) is 4.80. The van der Waals surface area contributed by atoms with Gasteiger partial charge >= 0.3 is 0 Å². The first-order valence-corrected chi connectivity index (χ1v) is 8.18. The summed E-state index contributed by atoms with van der Waals surface area (Å²) in [5.41, 5.74) is 0. The van der Waals surface area contributed by atoms with E-state index in [1.165, 1.54) is 4.88 Å². The highest BCUT2D eigenvalue weighted by Crippen LogP contribution is 2.26. The molecule has 0 spiro atoms. The van der Waals surface area contributed by atoms with Crippen LogP contribution >= 0.6 is 11.3 Å². The van der Waals surface area contributed by atoms with E-state index in [0.29, 0.717) is 12.0 Å². The van der Waals surface area contributed by atoms with Crippen LogP contribution in [0.25, 0.3) is 0 Å². The van der Waals surface area contributed by atoms with Crippen LogP contribution in [-0.2, 0) is 0 Å². The third kappa shape index (κ3) is 3.78. The van der Waals surface area contributed by atoms with E-state index < -0.39 is 0 Å². The van der Waals surface area contributed by atoms with Gasteiger partial charge in [-0.1, -0.05) is 6.07 Å². The summed E-state index contributed by atoms with van der Waals surface area (Å²) in [5.74, 6) is 0.702. The van der Waals surface area contributed by atoms with Gasteiger partial charge in [0.2, 0.25) is 5.95 Å². The lowest BCUT2D eigenvalue weighted by Crippen LogP contribution is -2.47. The van der Waals surface area contributed by atoms with E-state index in [9.17, 15) is 0 Å². The van der Waals surface area contributed by atoms with Crippen LogP contribution in [0.2, 0.25) is 0 Å². The third-order valence-electron chi connectivity index (χ3n) is 3.87. The van der Waals surface area contributed by atoms with Gasteiger partial charge in [0.1, 0.15) is 0 Å². The van der Waals surface area contributed by atoms with Gasteiger partial charge in [-0.3, -0.25) is 4.90 Å². The minimum atomic E-state index is 0.391. The van der Waals surface area contributed by atoms with Crippen molar-refractivity contribution in [3.8, 4) is 0 Å². The maximum atomic E-state index is 4.24. The normalized spacial score (nSPS) is 18.5. The van der Waals surface area contributed by atoms with Crippen molar-refractivity contribution in [2.75, 3.05) is 45.1 Å². The summed E-state index contributed by atoms with van der Waals surface area (Å²) in [7, 11) is 2.19. The van der Waals surface area contributed by atoms with Gasteiger partial charge in [-0.15, -0.1) is 11.3 Å². The standard InChI is InChI=1S/C15H21N5S/c1-19-7-9-20(10-8-19)13(14-4-2-11-21-14)12-18-15-16-5-3-6-17-15/h2-6,11,13H,7-10,12H2,1H3,(H,16,17,18)/t13-/m0/s1. The van der Waals surface area contributed by atoms with Crippen LogP contribution in [0.15, 0.2) is 36.0 Å². The average molecular weight is 303 g/mol. The van der Waals surface area contributed by atoms with Crippen molar-refractivity contribution in [3.63, 3.8) is 0 Å². The fourth-order valence-corrected chi connectivity index (χ4v) is 3.46. The maximum Gasteiger partial charge on any atom is 0.222 e. The van der Waals surface area contributed by atoms with Crippen molar-refractivity contribution in [2.45, 2.75) is 6.04 Å². The number of aromatic nitrogens is 2. The molecule has 0 unspecified atom stereocenters. The summed E-state index contributed by atoms with van der Waals surface area (Å²) in [4.78, 5) is 14.8. The van der Waals surface area contributed by atoms with Crippen molar-refractivity contribution >= 4 is 17.3 Å². The number of nitrogens with zero attached hydrogens (tertiary/aromatic N) is 4. The molecule has 0 radical (unpaired) electrons. The van der Waals surface area contributed by atoms with E-state index in [4.69, 9.17) is 0 Å². The minimum absolute atomic E-state index is 0.391. The molecule has 5 nitrogen and oxygen atoms in total. The summed E-state index contributed by atoms with van der Waals surface area (Å²) in [6.45, 7) is 5.31. The Bertz CT molecular complexity index is 522. The molecule has 2 aromatic rings. The highest BCUT2D eigenvalue weighted by Gasteiger charge is 2.24. The zero-order valence-corrected chi connectivity index (χ0v) is 13.1. The van der Waals surface area contributed by atoms with Crippen LogP contribution in [0.5, 0.6) is 0 Å². The Labute approximate surface area is 129 Å². The topological polar surface area (TPSA) is 44.3 Å². The SMILES string of the molecule is CN1CCN([C@@H](CNc2ncccn2)c2cccs2)CC1. The summed E-state index contributed by atoms with van der Waals surface area (Å²) >= 11 is 1.82. The van der Waals surface area contributed by atoms with Crippen LogP contribution in [-0.4, -0.2) is 59.5 Å². The highest BCUT2D eigenvalue weighted by atomic mass is 32.1. The van der Waals surface area contributed by atoms with Gasteiger partial charge in [0.15, 0.2) is 0 Å². The highest BCUT2D eigenvalue weighted by molar-refractivity contribution is 7.10. The van der Waals surface area contributed by atoms with E-state index >= 15 is 0 Å². The molecule has 21 heavy (non-hydrogen) atoms. The molecule has 0 saturated carbocycles. The predicted molar refractivity (Wildman–Crippen MR) is 86.7 cm³/mol. The van der Waals surface area contributed by atoms with E-state index in [2.05, 4.69) is 49.6 Å². The molecular formula is C15H21N5S. The van der Waals surface area contributed by atoms with Crippen molar-refractivity contribution in [2.24, 2.45) is 0 Å². The summed E-state index contributed by atoms with van der Waals surface area (Å²) in [6.07, 6.45) is 3.54. The van der Waals surface area contributed by atoms with Crippen LogP contribution in [0.1, 0.15) is 10.9 Å². The molecule has 112 valence electrons. The number of hydrogen-bond donors (Lipinski definition) is 1. The molecule has 1 N–H and O–H groups in total. The van der Waals surface area contributed by atoms with E-state index in [-0.39, 0.29) is 0 Å². The largest absolute Gasteiger partial charge is 0.352 e. The first kappa shape index (κ1) is 14.4. The third-order valence-corrected chi connectivity index (χ3v) is 4.84. The molecule has 0 amide bonds. The summed E-state index contributed by atoms with van der Waals surface area (Å²) in [5, 5.41) is 5.52. The Balaban J connectivity index is 1.68. The lowest BCUT2D eigenvalue weighted by molar-refractivity contribution is 0.118. The van der Waals surface area contributed by atoms with Crippen molar-refractivity contribution < 1.29 is 0 Å². The van der Waals surface area contributed by atoms with Crippen LogP contribution in [0, 0.1) is 0 Å². The molecule has 1 fully saturated rings. The molecule has 3 rings (SSSR count). The van der Waals surface area contributed by atoms with Crippen LogP contribution in [0.4, 0.5) is 5.95 Å². The Morgan fingerprint density at radius 3 is 2.62 bits per heavy atom. The quantitative estimate of drug-likeness (QED) is 0.914. The lowest BCUT2D eigenvalue weighted by atomic mass is 10.1. The van der Waals surface area contributed by atoms with Gasteiger partial charge in [0, 0.05) is 50.0 Å². The number of nitrogens with one attached hydrogen (secondary N) is 1. The van der Waals surface area contributed by atoms with Crippen molar-refractivity contribution in [1.82, 2.24) is 19.8 Å². The number of hydrogen-bond acceptors (Lipinski definition) is 6. The zero-order chi connectivity index (χ0) is 14.5. The van der Waals surface area contributed by atoms with Gasteiger partial charge in [-0.25, -0.2) is 9.97 Å². The van der Waals surface area contributed by atoms with Gasteiger partial charge in [0.25, 0.3) is 0 Å². The number of anilines is 1. The van der Waals surface area contributed by atoms with Gasteiger partial charge < -0.3 is 10.2 Å². The van der Waals surface area contributed by atoms with Gasteiger partial charge in [-0.05, 0) is 24.6 Å².